The van der Waals surface area contributed by atoms with Crippen molar-refractivity contribution in [2.75, 3.05) is 18.1 Å². The van der Waals surface area contributed by atoms with Crippen molar-refractivity contribution in [1.82, 2.24) is 24.7 Å². The molecule has 8 heteroatoms. The van der Waals surface area contributed by atoms with Gasteiger partial charge in [-0.15, -0.1) is 5.10 Å². The van der Waals surface area contributed by atoms with Gasteiger partial charge in [0.1, 0.15) is 12.1 Å². The number of benzene rings is 1. The lowest BCUT2D eigenvalue weighted by Gasteiger charge is -2.04. The van der Waals surface area contributed by atoms with Crippen LogP contribution in [0.5, 0.6) is 5.75 Å². The minimum absolute atomic E-state index is 0.223. The second kappa shape index (κ2) is 7.10. The molecule has 0 aliphatic rings. The van der Waals surface area contributed by atoms with E-state index >= 15 is 0 Å². The molecule has 0 radical (unpaired) electrons. The van der Waals surface area contributed by atoms with Crippen LogP contribution >= 0.6 is 11.8 Å². The smallest absolute Gasteiger partial charge is 0.222 e. The minimum Gasteiger partial charge on any atom is -0.493 e. The van der Waals surface area contributed by atoms with Gasteiger partial charge < -0.3 is 10.5 Å². The van der Waals surface area contributed by atoms with Gasteiger partial charge in [-0.25, -0.2) is 14.6 Å². The second-order valence-electron chi connectivity index (χ2n) is 4.71. The van der Waals surface area contributed by atoms with Crippen LogP contribution in [-0.4, -0.2) is 37.1 Å². The molecule has 0 atom stereocenters. The Hall–Kier alpha value is -2.61. The van der Waals surface area contributed by atoms with Crippen molar-refractivity contribution in [3.05, 3.63) is 48.4 Å². The number of hydrogen-bond donors (Lipinski definition) is 1. The summed E-state index contributed by atoms with van der Waals surface area (Å²) < 4.78 is 7.22. The molecule has 7 nitrogen and oxygen atoms in total. The summed E-state index contributed by atoms with van der Waals surface area (Å²) in [6.45, 7) is 2.44. The third-order valence-corrected chi connectivity index (χ3v) is 3.71. The minimum atomic E-state index is 0.223. The van der Waals surface area contributed by atoms with E-state index in [-0.39, 0.29) is 5.95 Å². The molecule has 0 unspecified atom stereocenters. The summed E-state index contributed by atoms with van der Waals surface area (Å²) in [7, 11) is 0. The van der Waals surface area contributed by atoms with Crippen LogP contribution in [0.3, 0.4) is 0 Å². The summed E-state index contributed by atoms with van der Waals surface area (Å²) in [6, 6.07) is 11.5. The molecule has 2 N–H and O–H groups in total. The highest BCUT2D eigenvalue weighted by Crippen LogP contribution is 2.15. The summed E-state index contributed by atoms with van der Waals surface area (Å²) in [5.74, 6) is 2.44. The summed E-state index contributed by atoms with van der Waals surface area (Å²) in [4.78, 5) is 12.4. The molecule has 0 saturated carbocycles. The summed E-state index contributed by atoms with van der Waals surface area (Å²) >= 11 is 1.52. The van der Waals surface area contributed by atoms with Crippen LogP contribution in [0.1, 0.15) is 5.69 Å². The van der Waals surface area contributed by atoms with Gasteiger partial charge in [0, 0.05) is 17.5 Å². The summed E-state index contributed by atoms with van der Waals surface area (Å²) in [6.07, 6.45) is 1.61. The molecule has 0 spiro atoms. The lowest BCUT2D eigenvalue weighted by molar-refractivity contribution is 0.344. The van der Waals surface area contributed by atoms with Crippen LogP contribution in [0.25, 0.3) is 5.82 Å². The number of aryl methyl sites for hydroxylation is 1. The van der Waals surface area contributed by atoms with Gasteiger partial charge in [-0.3, -0.25) is 0 Å². The molecule has 0 aliphatic carbocycles. The number of para-hydroxylation sites is 1. The highest BCUT2D eigenvalue weighted by atomic mass is 32.2. The van der Waals surface area contributed by atoms with Gasteiger partial charge in [-0.1, -0.05) is 30.0 Å². The molecule has 0 bridgehead atoms. The van der Waals surface area contributed by atoms with E-state index in [1.54, 1.807) is 17.1 Å². The van der Waals surface area contributed by atoms with Gasteiger partial charge in [0.25, 0.3) is 0 Å². The van der Waals surface area contributed by atoms with Gasteiger partial charge in [0.2, 0.25) is 11.1 Å². The Bertz CT molecular complexity index is 756. The number of nitrogens with two attached hydrogens (primary N) is 1. The Balaban J connectivity index is 1.55. The molecule has 2 aromatic heterocycles. The predicted molar refractivity (Wildman–Crippen MR) is 88.8 cm³/mol. The van der Waals surface area contributed by atoms with E-state index in [0.717, 1.165) is 17.2 Å². The van der Waals surface area contributed by atoms with Crippen molar-refractivity contribution in [3.8, 4) is 11.6 Å². The average molecular weight is 328 g/mol. The van der Waals surface area contributed by atoms with Crippen LogP contribution in [0, 0.1) is 6.92 Å². The van der Waals surface area contributed by atoms with Crippen LogP contribution in [0.15, 0.2) is 47.9 Å². The first kappa shape index (κ1) is 15.3. The number of hydrogen-bond acceptors (Lipinski definition) is 7. The lowest BCUT2D eigenvalue weighted by Crippen LogP contribution is -2.04. The SMILES string of the molecule is Cc1cc(-n2cnc(SCCOc3ccccc3)n2)nc(N)n1. The van der Waals surface area contributed by atoms with Crippen molar-refractivity contribution in [2.45, 2.75) is 12.1 Å². The number of nitrogens with zero attached hydrogens (tertiary/aromatic N) is 5. The third-order valence-electron chi connectivity index (χ3n) is 2.89. The predicted octanol–water partition coefficient (Wildman–Crippen LogP) is 2.12. The monoisotopic (exact) mass is 328 g/mol. The van der Waals surface area contributed by atoms with Crippen molar-refractivity contribution in [3.63, 3.8) is 0 Å². The third kappa shape index (κ3) is 4.19. The fraction of sp³-hybridized carbons (Fsp3) is 0.200. The number of rotatable bonds is 6. The van der Waals surface area contributed by atoms with Crippen molar-refractivity contribution in [2.24, 2.45) is 0 Å². The van der Waals surface area contributed by atoms with E-state index in [1.165, 1.54) is 11.8 Å². The topological polar surface area (TPSA) is 91.7 Å². The van der Waals surface area contributed by atoms with Gasteiger partial charge in [0.05, 0.1) is 6.61 Å². The van der Waals surface area contributed by atoms with Gasteiger partial charge in [-0.2, -0.15) is 4.98 Å². The molecule has 0 saturated heterocycles. The van der Waals surface area contributed by atoms with E-state index in [4.69, 9.17) is 10.5 Å². The summed E-state index contributed by atoms with van der Waals surface area (Å²) in [5, 5.41) is 5.04. The fourth-order valence-corrected chi connectivity index (χ4v) is 2.54. The molecule has 0 aliphatic heterocycles. The molecule has 2 heterocycles. The number of aromatic nitrogens is 5. The Labute approximate surface area is 137 Å². The first-order valence-corrected chi connectivity index (χ1v) is 8.03. The molecule has 118 valence electrons. The first-order chi connectivity index (χ1) is 11.2. The van der Waals surface area contributed by atoms with Gasteiger partial charge in [-0.05, 0) is 19.1 Å². The van der Waals surface area contributed by atoms with E-state index in [2.05, 4.69) is 20.1 Å². The maximum atomic E-state index is 5.65. The molecule has 3 aromatic rings. The standard InChI is InChI=1S/C15H16N6OS/c1-11-9-13(19-14(16)18-11)21-10-17-15(20-21)23-8-7-22-12-5-3-2-4-6-12/h2-6,9-10H,7-8H2,1H3,(H2,16,18,19). The van der Waals surface area contributed by atoms with E-state index in [1.807, 2.05) is 37.3 Å². The molecule has 23 heavy (non-hydrogen) atoms. The molecule has 0 fully saturated rings. The quantitative estimate of drug-likeness (QED) is 0.547. The first-order valence-electron chi connectivity index (χ1n) is 7.04. The van der Waals surface area contributed by atoms with Crippen LogP contribution in [0.4, 0.5) is 5.95 Å². The molecular formula is C15H16N6OS. The largest absolute Gasteiger partial charge is 0.493 e. The highest BCUT2D eigenvalue weighted by molar-refractivity contribution is 7.99. The zero-order chi connectivity index (χ0) is 16.1. The van der Waals surface area contributed by atoms with Crippen LogP contribution < -0.4 is 10.5 Å². The van der Waals surface area contributed by atoms with Gasteiger partial charge in [0.15, 0.2) is 5.82 Å². The van der Waals surface area contributed by atoms with Crippen LogP contribution in [0.2, 0.25) is 0 Å². The van der Waals surface area contributed by atoms with E-state index in [9.17, 15) is 0 Å². The van der Waals surface area contributed by atoms with Crippen molar-refractivity contribution >= 4 is 17.7 Å². The Morgan fingerprint density at radius 2 is 2.04 bits per heavy atom. The Morgan fingerprint density at radius 1 is 1.22 bits per heavy atom. The zero-order valence-corrected chi connectivity index (χ0v) is 13.4. The van der Waals surface area contributed by atoms with Crippen LogP contribution in [-0.2, 0) is 0 Å². The summed E-state index contributed by atoms with van der Waals surface area (Å²) in [5.41, 5.74) is 6.44. The van der Waals surface area contributed by atoms with Crippen molar-refractivity contribution < 1.29 is 4.74 Å². The normalized spacial score (nSPS) is 10.7. The van der Waals surface area contributed by atoms with E-state index < -0.39 is 0 Å². The average Bonchev–Trinajstić information content (AvgIpc) is 3.01. The fourth-order valence-electron chi connectivity index (χ4n) is 1.93. The zero-order valence-electron chi connectivity index (χ0n) is 12.6. The lowest BCUT2D eigenvalue weighted by atomic mass is 10.3. The number of thioether (sulfide) groups is 1. The Morgan fingerprint density at radius 3 is 2.83 bits per heavy atom. The van der Waals surface area contributed by atoms with Gasteiger partial charge >= 0.3 is 0 Å². The number of nitrogen functional groups attached to an aromatic ring is 1. The Kier molecular flexibility index (Phi) is 4.72. The number of anilines is 1. The molecular weight excluding hydrogens is 312 g/mol. The maximum Gasteiger partial charge on any atom is 0.222 e. The molecule has 0 amide bonds. The highest BCUT2D eigenvalue weighted by Gasteiger charge is 2.06. The number of ether oxygens (including phenoxy) is 1. The second-order valence-corrected chi connectivity index (χ2v) is 5.77. The molecule has 1 aromatic carbocycles. The maximum absolute atomic E-state index is 5.65. The van der Waals surface area contributed by atoms with E-state index in [0.29, 0.717) is 17.6 Å². The molecule has 3 rings (SSSR count). The van der Waals surface area contributed by atoms with Crippen molar-refractivity contribution in [1.29, 1.82) is 0 Å².